The molecule has 190 valence electrons. The first-order valence-electron chi connectivity index (χ1n) is 12.1. The number of ether oxygens (including phenoxy) is 3. The van der Waals surface area contributed by atoms with Gasteiger partial charge in [-0.25, -0.2) is 0 Å². The molecule has 2 aromatic carbocycles. The number of anilines is 1. The van der Waals surface area contributed by atoms with Crippen LogP contribution in [-0.4, -0.2) is 62.7 Å². The fourth-order valence-corrected chi connectivity index (χ4v) is 5.38. The molecule has 0 aromatic heterocycles. The van der Waals surface area contributed by atoms with E-state index in [2.05, 4.69) is 21.6 Å². The van der Waals surface area contributed by atoms with Crippen LogP contribution in [0.15, 0.2) is 36.4 Å². The van der Waals surface area contributed by atoms with E-state index in [0.29, 0.717) is 34.1 Å². The number of piperidine rings is 2. The van der Waals surface area contributed by atoms with E-state index in [4.69, 9.17) is 14.2 Å². The second kappa shape index (κ2) is 11.3. The zero-order valence-corrected chi connectivity index (χ0v) is 20.9. The highest BCUT2D eigenvalue weighted by Crippen LogP contribution is 2.39. The summed E-state index contributed by atoms with van der Waals surface area (Å²) in [5, 5.41) is 15.4. The molecule has 2 aliphatic rings. The molecule has 2 heterocycles. The van der Waals surface area contributed by atoms with Gasteiger partial charge in [-0.05, 0) is 49.9 Å². The van der Waals surface area contributed by atoms with Crippen LogP contribution >= 0.6 is 0 Å². The SMILES string of the molecule is COc1cc(C(=O)NC2C[C@H]3CCC[C@@H](C2)N3CC(=O)Nc2ccccc2C#N)cc(OC)c1OC. The molecule has 0 spiro atoms. The smallest absolute Gasteiger partial charge is 0.251 e. The van der Waals surface area contributed by atoms with Crippen molar-refractivity contribution in [3.63, 3.8) is 0 Å². The molecule has 2 N–H and O–H groups in total. The van der Waals surface area contributed by atoms with Crippen LogP contribution in [0.2, 0.25) is 0 Å². The number of hydrogen-bond donors (Lipinski definition) is 2. The summed E-state index contributed by atoms with van der Waals surface area (Å²) in [5.41, 5.74) is 1.41. The fourth-order valence-electron chi connectivity index (χ4n) is 5.38. The van der Waals surface area contributed by atoms with Crippen molar-refractivity contribution < 1.29 is 23.8 Å². The number of hydrogen-bond acceptors (Lipinski definition) is 7. The summed E-state index contributed by atoms with van der Waals surface area (Å²) in [4.78, 5) is 28.2. The number of fused-ring (bicyclic) bond motifs is 2. The molecular formula is C27H32N4O5. The van der Waals surface area contributed by atoms with Gasteiger partial charge in [0.2, 0.25) is 11.7 Å². The third-order valence-corrected chi connectivity index (χ3v) is 7.04. The summed E-state index contributed by atoms with van der Waals surface area (Å²) in [7, 11) is 4.56. The highest BCUT2D eigenvalue weighted by Gasteiger charge is 2.39. The summed E-state index contributed by atoms with van der Waals surface area (Å²) in [6, 6.07) is 12.8. The van der Waals surface area contributed by atoms with Gasteiger partial charge in [0, 0.05) is 23.7 Å². The highest BCUT2D eigenvalue weighted by atomic mass is 16.5. The van der Waals surface area contributed by atoms with Gasteiger partial charge in [-0.15, -0.1) is 0 Å². The number of methoxy groups -OCH3 is 3. The molecule has 2 saturated heterocycles. The first kappa shape index (κ1) is 25.3. The number of amides is 2. The Balaban J connectivity index is 1.41. The fraction of sp³-hybridized carbons (Fsp3) is 0.444. The van der Waals surface area contributed by atoms with Crippen molar-refractivity contribution in [2.24, 2.45) is 0 Å². The summed E-state index contributed by atoms with van der Waals surface area (Å²) in [6.07, 6.45) is 4.62. The molecule has 9 heteroatoms. The van der Waals surface area contributed by atoms with Crippen LogP contribution in [0.25, 0.3) is 0 Å². The first-order chi connectivity index (χ1) is 17.5. The van der Waals surface area contributed by atoms with Gasteiger partial charge in [0.25, 0.3) is 5.91 Å². The van der Waals surface area contributed by atoms with E-state index in [1.165, 1.54) is 21.3 Å². The minimum atomic E-state index is -0.198. The van der Waals surface area contributed by atoms with Crippen molar-refractivity contribution in [1.82, 2.24) is 10.2 Å². The van der Waals surface area contributed by atoms with E-state index < -0.39 is 0 Å². The molecule has 0 saturated carbocycles. The number of carbonyl (C=O) groups excluding carboxylic acids is 2. The number of para-hydroxylation sites is 1. The molecule has 36 heavy (non-hydrogen) atoms. The molecule has 9 nitrogen and oxygen atoms in total. The lowest BCUT2D eigenvalue weighted by molar-refractivity contribution is -0.120. The summed E-state index contributed by atoms with van der Waals surface area (Å²) >= 11 is 0. The molecule has 0 radical (unpaired) electrons. The van der Waals surface area contributed by atoms with E-state index in [1.807, 2.05) is 0 Å². The van der Waals surface area contributed by atoms with Gasteiger partial charge in [-0.1, -0.05) is 18.6 Å². The number of nitrogens with one attached hydrogen (secondary N) is 2. The predicted molar refractivity (Wildman–Crippen MR) is 135 cm³/mol. The topological polar surface area (TPSA) is 113 Å². The molecule has 2 bridgehead atoms. The lowest BCUT2D eigenvalue weighted by Gasteiger charge is -2.48. The second-order valence-electron chi connectivity index (χ2n) is 9.17. The normalized spacial score (nSPS) is 21.1. The summed E-state index contributed by atoms with van der Waals surface area (Å²) < 4.78 is 16.1. The Morgan fingerprint density at radius 2 is 1.67 bits per heavy atom. The standard InChI is InChI=1S/C27H32N4O5/c1-34-23-11-18(12-24(35-2)26(23)36-3)27(33)29-19-13-20-8-6-9-21(14-19)31(20)16-25(32)30-22-10-5-4-7-17(22)15-28/h4-5,7,10-12,19-21H,6,8-9,13-14,16H2,1-3H3,(H,29,33)(H,30,32)/t19?,20-,21+. The van der Waals surface area contributed by atoms with Crippen molar-refractivity contribution in [3.8, 4) is 23.3 Å². The maximum absolute atomic E-state index is 13.1. The maximum atomic E-state index is 13.1. The van der Waals surface area contributed by atoms with Crippen LogP contribution in [0.5, 0.6) is 17.2 Å². The van der Waals surface area contributed by atoms with Crippen LogP contribution in [0.1, 0.15) is 48.0 Å². The summed E-state index contributed by atoms with van der Waals surface area (Å²) in [5.74, 6) is 0.969. The molecule has 2 amide bonds. The van der Waals surface area contributed by atoms with Gasteiger partial charge < -0.3 is 24.8 Å². The Morgan fingerprint density at radius 1 is 1.03 bits per heavy atom. The summed E-state index contributed by atoms with van der Waals surface area (Å²) in [6.45, 7) is 0.267. The van der Waals surface area contributed by atoms with Crippen LogP contribution in [-0.2, 0) is 4.79 Å². The molecular weight excluding hydrogens is 460 g/mol. The Morgan fingerprint density at radius 3 is 2.25 bits per heavy atom. The Labute approximate surface area is 211 Å². The first-order valence-corrected chi connectivity index (χ1v) is 12.1. The van der Waals surface area contributed by atoms with Gasteiger partial charge in [0.15, 0.2) is 11.5 Å². The molecule has 4 rings (SSSR count). The zero-order chi connectivity index (χ0) is 25.7. The maximum Gasteiger partial charge on any atom is 0.251 e. The monoisotopic (exact) mass is 492 g/mol. The van der Waals surface area contributed by atoms with Crippen molar-refractivity contribution >= 4 is 17.5 Å². The van der Waals surface area contributed by atoms with Gasteiger partial charge in [-0.3, -0.25) is 14.5 Å². The average Bonchev–Trinajstić information content (AvgIpc) is 2.88. The van der Waals surface area contributed by atoms with E-state index in [0.717, 1.165) is 32.1 Å². The predicted octanol–water partition coefficient (Wildman–Crippen LogP) is 3.34. The number of nitrogens with zero attached hydrogens (tertiary/aromatic N) is 2. The van der Waals surface area contributed by atoms with E-state index in [-0.39, 0.29) is 36.5 Å². The van der Waals surface area contributed by atoms with Crippen LogP contribution in [0.4, 0.5) is 5.69 Å². The Hall–Kier alpha value is -3.77. The van der Waals surface area contributed by atoms with Crippen LogP contribution < -0.4 is 24.8 Å². The highest BCUT2D eigenvalue weighted by molar-refractivity contribution is 5.96. The number of rotatable bonds is 8. The molecule has 2 fully saturated rings. The van der Waals surface area contributed by atoms with Gasteiger partial charge in [-0.2, -0.15) is 5.26 Å². The van der Waals surface area contributed by atoms with E-state index >= 15 is 0 Å². The molecule has 3 atom stereocenters. The Bertz CT molecular complexity index is 1120. The van der Waals surface area contributed by atoms with Gasteiger partial charge in [0.1, 0.15) is 6.07 Å². The van der Waals surface area contributed by atoms with Crippen molar-refractivity contribution in [3.05, 3.63) is 47.5 Å². The third-order valence-electron chi connectivity index (χ3n) is 7.04. The van der Waals surface area contributed by atoms with Crippen molar-refractivity contribution in [2.75, 3.05) is 33.2 Å². The minimum absolute atomic E-state index is 0.00511. The number of nitriles is 1. The molecule has 2 aromatic rings. The largest absolute Gasteiger partial charge is 0.493 e. The van der Waals surface area contributed by atoms with Crippen molar-refractivity contribution in [1.29, 1.82) is 5.26 Å². The number of benzene rings is 2. The third kappa shape index (κ3) is 5.39. The second-order valence-corrected chi connectivity index (χ2v) is 9.17. The van der Waals surface area contributed by atoms with Crippen LogP contribution in [0.3, 0.4) is 0 Å². The molecule has 1 unspecified atom stereocenters. The molecule has 0 aliphatic carbocycles. The Kier molecular flexibility index (Phi) is 7.96. The van der Waals surface area contributed by atoms with Gasteiger partial charge in [0.05, 0.1) is 39.1 Å². The van der Waals surface area contributed by atoms with Crippen LogP contribution in [0, 0.1) is 11.3 Å². The average molecular weight is 493 g/mol. The molecule has 2 aliphatic heterocycles. The van der Waals surface area contributed by atoms with Crippen molar-refractivity contribution in [2.45, 2.75) is 50.2 Å². The quantitative estimate of drug-likeness (QED) is 0.581. The van der Waals surface area contributed by atoms with Gasteiger partial charge >= 0.3 is 0 Å². The lowest BCUT2D eigenvalue weighted by atomic mass is 9.81. The van der Waals surface area contributed by atoms with E-state index in [9.17, 15) is 14.9 Å². The lowest BCUT2D eigenvalue weighted by Crippen LogP contribution is -2.58. The van der Waals surface area contributed by atoms with E-state index in [1.54, 1.807) is 36.4 Å². The minimum Gasteiger partial charge on any atom is -0.493 e. The zero-order valence-electron chi connectivity index (χ0n) is 20.9. The number of carbonyl (C=O) groups is 2.